The summed E-state index contributed by atoms with van der Waals surface area (Å²) in [6.45, 7) is 6.66. The molecule has 0 aliphatic heterocycles. The normalized spacial score (nSPS) is 12.0. The highest BCUT2D eigenvalue weighted by Gasteiger charge is 2.19. The van der Waals surface area contributed by atoms with Crippen LogP contribution in [0.3, 0.4) is 0 Å². The van der Waals surface area contributed by atoms with Gasteiger partial charge in [-0.05, 0) is 44.9 Å². The Morgan fingerprint density at radius 3 is 0.847 bits per heavy atom. The van der Waals surface area contributed by atoms with E-state index in [1.54, 1.807) is 0 Å². The van der Waals surface area contributed by atoms with Crippen LogP contribution in [0.15, 0.2) is 12.2 Å². The van der Waals surface area contributed by atoms with Crippen molar-refractivity contribution >= 4 is 17.9 Å². The maximum Gasteiger partial charge on any atom is 0.306 e. The van der Waals surface area contributed by atoms with E-state index in [0.29, 0.717) is 19.3 Å². The second-order valence-electron chi connectivity index (χ2n) is 17.8. The molecule has 0 aromatic carbocycles. The molecule has 1 atom stereocenters. The summed E-state index contributed by atoms with van der Waals surface area (Å²) in [5.74, 6) is -0.859. The van der Waals surface area contributed by atoms with Crippen molar-refractivity contribution in [3.05, 3.63) is 12.2 Å². The van der Waals surface area contributed by atoms with Crippen molar-refractivity contribution in [3.8, 4) is 0 Å². The summed E-state index contributed by atoms with van der Waals surface area (Å²) < 4.78 is 16.8. The van der Waals surface area contributed by atoms with Gasteiger partial charge in [0.1, 0.15) is 13.2 Å². The Balaban J connectivity index is 4.33. The molecular formula is C53H100O6. The number of allylic oxidation sites excluding steroid dienone is 2. The average Bonchev–Trinajstić information content (AvgIpc) is 3.23. The fourth-order valence-corrected chi connectivity index (χ4v) is 7.79. The molecular weight excluding hydrogens is 733 g/mol. The third-order valence-corrected chi connectivity index (χ3v) is 11.8. The largest absolute Gasteiger partial charge is 0.462 e. The Bertz CT molecular complexity index is 916. The number of hydrogen-bond donors (Lipinski definition) is 0. The Labute approximate surface area is 367 Å². The fraction of sp³-hybridized carbons (Fsp3) is 0.906. The van der Waals surface area contributed by atoms with Gasteiger partial charge in [-0.15, -0.1) is 0 Å². The molecule has 0 rings (SSSR count). The SMILES string of the molecule is CCCCCCCCC=CCCCCCCCC(=O)OC[C@@H](COC(=O)CCCCCCCCCCCCCCC)OC(=O)CCCCCCCCCCCCCCC. The lowest BCUT2D eigenvalue weighted by Crippen LogP contribution is -2.30. The topological polar surface area (TPSA) is 78.9 Å². The molecule has 0 heterocycles. The molecule has 0 aromatic heterocycles. The highest BCUT2D eigenvalue weighted by atomic mass is 16.6. The van der Waals surface area contributed by atoms with E-state index in [1.165, 1.54) is 186 Å². The third-order valence-electron chi connectivity index (χ3n) is 11.8. The molecule has 6 nitrogen and oxygen atoms in total. The Morgan fingerprint density at radius 2 is 0.559 bits per heavy atom. The van der Waals surface area contributed by atoms with E-state index in [1.807, 2.05) is 0 Å². The first-order chi connectivity index (χ1) is 29.0. The second-order valence-corrected chi connectivity index (χ2v) is 17.8. The van der Waals surface area contributed by atoms with Crippen LogP contribution in [0.2, 0.25) is 0 Å². The van der Waals surface area contributed by atoms with E-state index < -0.39 is 6.10 Å². The van der Waals surface area contributed by atoms with E-state index in [2.05, 4.69) is 32.9 Å². The molecule has 0 bridgehead atoms. The summed E-state index contributed by atoms with van der Waals surface area (Å²) in [4.78, 5) is 37.9. The quantitative estimate of drug-likeness (QED) is 0.0263. The molecule has 59 heavy (non-hydrogen) atoms. The smallest absolute Gasteiger partial charge is 0.306 e. The number of esters is 3. The van der Waals surface area contributed by atoms with Crippen LogP contribution in [0.4, 0.5) is 0 Å². The van der Waals surface area contributed by atoms with Crippen LogP contribution in [0.25, 0.3) is 0 Å². The molecule has 0 N–H and O–H groups in total. The minimum absolute atomic E-state index is 0.0672. The van der Waals surface area contributed by atoms with Gasteiger partial charge < -0.3 is 14.2 Å². The minimum atomic E-state index is -0.766. The van der Waals surface area contributed by atoms with Crippen LogP contribution in [0.5, 0.6) is 0 Å². The van der Waals surface area contributed by atoms with Crippen LogP contribution >= 0.6 is 0 Å². The van der Waals surface area contributed by atoms with Gasteiger partial charge in [0.05, 0.1) is 0 Å². The second kappa shape index (κ2) is 48.8. The standard InChI is InChI=1S/C53H100O6/c1-4-7-10-13-16-19-22-25-26-29-31-34-37-40-43-46-52(55)58-49-50(59-53(56)47-44-41-38-35-32-28-24-21-18-15-12-9-6-3)48-57-51(54)45-42-39-36-33-30-27-23-20-17-14-11-8-5-2/h25-26,50H,4-24,27-49H2,1-3H3/t50-/m1/s1. The monoisotopic (exact) mass is 833 g/mol. The van der Waals surface area contributed by atoms with Crippen molar-refractivity contribution in [3.63, 3.8) is 0 Å². The molecule has 0 amide bonds. The molecule has 0 saturated heterocycles. The predicted molar refractivity (Wildman–Crippen MR) is 252 cm³/mol. The number of hydrogen-bond acceptors (Lipinski definition) is 6. The van der Waals surface area contributed by atoms with Gasteiger partial charge in [-0.3, -0.25) is 14.4 Å². The number of carbonyl (C=O) groups is 3. The van der Waals surface area contributed by atoms with Crippen LogP contribution in [0, 0.1) is 0 Å². The van der Waals surface area contributed by atoms with Crippen LogP contribution < -0.4 is 0 Å². The molecule has 0 aromatic rings. The zero-order valence-electron chi connectivity index (χ0n) is 39.8. The predicted octanol–water partition coefficient (Wildman–Crippen LogP) is 17.0. The first kappa shape index (κ1) is 57.1. The Hall–Kier alpha value is -1.85. The van der Waals surface area contributed by atoms with Crippen LogP contribution in [-0.4, -0.2) is 37.2 Å². The van der Waals surface area contributed by atoms with Gasteiger partial charge in [0.2, 0.25) is 0 Å². The van der Waals surface area contributed by atoms with Crippen molar-refractivity contribution in [2.45, 2.75) is 297 Å². The lowest BCUT2D eigenvalue weighted by atomic mass is 10.0. The zero-order valence-corrected chi connectivity index (χ0v) is 39.8. The minimum Gasteiger partial charge on any atom is -0.462 e. The molecule has 0 unspecified atom stereocenters. The molecule has 0 aliphatic rings. The van der Waals surface area contributed by atoms with Crippen molar-refractivity contribution in [1.82, 2.24) is 0 Å². The highest BCUT2D eigenvalue weighted by Crippen LogP contribution is 2.16. The third kappa shape index (κ3) is 47.1. The van der Waals surface area contributed by atoms with E-state index in [-0.39, 0.29) is 31.1 Å². The van der Waals surface area contributed by atoms with Crippen molar-refractivity contribution < 1.29 is 28.6 Å². The van der Waals surface area contributed by atoms with E-state index in [4.69, 9.17) is 14.2 Å². The molecule has 0 radical (unpaired) electrons. The summed E-state index contributed by atoms with van der Waals surface area (Å²) in [6, 6.07) is 0. The number of unbranched alkanes of at least 4 members (excludes halogenated alkanes) is 35. The van der Waals surface area contributed by atoms with Crippen molar-refractivity contribution in [1.29, 1.82) is 0 Å². The van der Waals surface area contributed by atoms with Crippen LogP contribution in [0.1, 0.15) is 290 Å². The van der Waals surface area contributed by atoms with E-state index >= 15 is 0 Å². The zero-order chi connectivity index (χ0) is 43.0. The van der Waals surface area contributed by atoms with Gasteiger partial charge in [0.15, 0.2) is 6.10 Å². The maximum atomic E-state index is 12.8. The van der Waals surface area contributed by atoms with E-state index in [0.717, 1.165) is 64.2 Å². The van der Waals surface area contributed by atoms with Gasteiger partial charge in [0.25, 0.3) is 0 Å². The molecule has 0 spiro atoms. The van der Waals surface area contributed by atoms with Gasteiger partial charge in [-0.2, -0.15) is 0 Å². The first-order valence-corrected chi connectivity index (χ1v) is 26.2. The van der Waals surface area contributed by atoms with E-state index in [9.17, 15) is 14.4 Å². The summed E-state index contributed by atoms with van der Waals surface area (Å²) in [5, 5.41) is 0. The molecule has 0 aliphatic carbocycles. The van der Waals surface area contributed by atoms with Gasteiger partial charge in [-0.25, -0.2) is 0 Å². The molecule has 0 fully saturated rings. The van der Waals surface area contributed by atoms with Gasteiger partial charge >= 0.3 is 17.9 Å². The van der Waals surface area contributed by atoms with Crippen LogP contribution in [-0.2, 0) is 28.6 Å². The number of rotatable bonds is 48. The van der Waals surface area contributed by atoms with Gasteiger partial charge in [0, 0.05) is 19.3 Å². The maximum absolute atomic E-state index is 12.8. The van der Waals surface area contributed by atoms with Crippen molar-refractivity contribution in [2.24, 2.45) is 0 Å². The van der Waals surface area contributed by atoms with Crippen molar-refractivity contribution in [2.75, 3.05) is 13.2 Å². The first-order valence-electron chi connectivity index (χ1n) is 26.2. The summed E-state index contributed by atoms with van der Waals surface area (Å²) in [7, 11) is 0. The molecule has 6 heteroatoms. The average molecular weight is 833 g/mol. The fourth-order valence-electron chi connectivity index (χ4n) is 7.79. The summed E-state index contributed by atoms with van der Waals surface area (Å²) >= 11 is 0. The lowest BCUT2D eigenvalue weighted by molar-refractivity contribution is -0.167. The molecule has 0 saturated carbocycles. The number of ether oxygens (including phenoxy) is 3. The summed E-state index contributed by atoms with van der Waals surface area (Å²) in [5.41, 5.74) is 0. The number of carbonyl (C=O) groups excluding carboxylic acids is 3. The highest BCUT2D eigenvalue weighted by molar-refractivity contribution is 5.71. The summed E-state index contributed by atoms with van der Waals surface area (Å²) in [6.07, 6.45) is 53.3. The Morgan fingerprint density at radius 1 is 0.322 bits per heavy atom. The molecule has 348 valence electrons. The lowest BCUT2D eigenvalue weighted by Gasteiger charge is -2.18. The Kier molecular flexibility index (Phi) is 47.3. The van der Waals surface area contributed by atoms with Gasteiger partial charge in [-0.1, -0.05) is 238 Å².